The Hall–Kier alpha value is -3.58. The third-order valence-corrected chi connectivity index (χ3v) is 5.60. The van der Waals surface area contributed by atoms with E-state index in [0.29, 0.717) is 34.4 Å². The van der Waals surface area contributed by atoms with Crippen LogP contribution < -0.4 is 25.4 Å². The average Bonchev–Trinajstić information content (AvgIpc) is 2.79. The Morgan fingerprint density at radius 2 is 1.84 bits per heavy atom. The van der Waals surface area contributed by atoms with Gasteiger partial charge in [-0.25, -0.2) is 0 Å². The molecule has 3 aromatic carbocycles. The number of allylic oxidation sites excluding steroid dienone is 1. The number of rotatable bonds is 6. The topological polar surface area (TPSA) is 71.6 Å². The fraction of sp³-hybridized carbons (Fsp3) is 0.200. The molecule has 0 aromatic heterocycles. The summed E-state index contributed by atoms with van der Waals surface area (Å²) in [7, 11) is 1.63. The largest absolute Gasteiger partial charge is 0.496 e. The van der Waals surface area contributed by atoms with Gasteiger partial charge in [-0.15, -0.1) is 0 Å². The van der Waals surface area contributed by atoms with Crippen molar-refractivity contribution in [3.05, 3.63) is 77.5 Å². The molecule has 0 bridgehead atoms. The highest BCUT2D eigenvalue weighted by Gasteiger charge is 2.33. The van der Waals surface area contributed by atoms with Crippen LogP contribution in [0.1, 0.15) is 25.5 Å². The number of thiocarbonyl (C=S) groups is 1. The Morgan fingerprint density at radius 3 is 2.56 bits per heavy atom. The summed E-state index contributed by atoms with van der Waals surface area (Å²) in [4.78, 5) is 13.5. The molecule has 0 aliphatic carbocycles. The third kappa shape index (κ3) is 4.24. The van der Waals surface area contributed by atoms with Crippen LogP contribution >= 0.6 is 12.2 Å². The molecule has 0 fully saturated rings. The predicted molar refractivity (Wildman–Crippen MR) is 131 cm³/mol. The predicted octanol–water partition coefficient (Wildman–Crippen LogP) is 4.68. The minimum atomic E-state index is -0.479. The lowest BCUT2D eigenvalue weighted by Gasteiger charge is -2.32. The number of hydrogen-bond acceptors (Lipinski definition) is 4. The Morgan fingerprint density at radius 1 is 1.09 bits per heavy atom. The molecule has 1 aliphatic heterocycles. The van der Waals surface area contributed by atoms with Gasteiger partial charge in [0.25, 0.3) is 5.91 Å². The van der Waals surface area contributed by atoms with Gasteiger partial charge in [-0.2, -0.15) is 0 Å². The molecular weight excluding hydrogens is 422 g/mol. The lowest BCUT2D eigenvalue weighted by atomic mass is 9.90. The fourth-order valence-electron chi connectivity index (χ4n) is 3.96. The van der Waals surface area contributed by atoms with E-state index >= 15 is 0 Å². The Labute approximate surface area is 192 Å². The van der Waals surface area contributed by atoms with E-state index in [1.807, 2.05) is 74.5 Å². The molecule has 0 saturated carbocycles. The summed E-state index contributed by atoms with van der Waals surface area (Å²) in [6.45, 7) is 4.37. The molecule has 0 unspecified atom stereocenters. The minimum Gasteiger partial charge on any atom is -0.496 e. The van der Waals surface area contributed by atoms with E-state index < -0.39 is 6.04 Å². The highest BCUT2D eigenvalue weighted by atomic mass is 32.1. The SMILES string of the molecule is CCOc1ccc(NC(=O)C2=C(C)NC(=S)N[C@@H]2c2c(OC)ccc3ccccc23)cc1. The number of ether oxygens (including phenoxy) is 2. The van der Waals surface area contributed by atoms with E-state index in [-0.39, 0.29) is 5.91 Å². The van der Waals surface area contributed by atoms with Crippen molar-refractivity contribution in [2.75, 3.05) is 19.0 Å². The van der Waals surface area contributed by atoms with Crippen LogP contribution in [0.5, 0.6) is 11.5 Å². The second kappa shape index (κ2) is 9.28. The number of anilines is 1. The van der Waals surface area contributed by atoms with Crippen molar-refractivity contribution < 1.29 is 14.3 Å². The van der Waals surface area contributed by atoms with Crippen molar-refractivity contribution in [2.24, 2.45) is 0 Å². The zero-order chi connectivity index (χ0) is 22.7. The van der Waals surface area contributed by atoms with Gasteiger partial charge >= 0.3 is 0 Å². The lowest BCUT2D eigenvalue weighted by Crippen LogP contribution is -2.46. The summed E-state index contributed by atoms with van der Waals surface area (Å²) in [6, 6.07) is 18.8. The average molecular weight is 448 g/mol. The molecule has 3 N–H and O–H groups in total. The minimum absolute atomic E-state index is 0.228. The third-order valence-electron chi connectivity index (χ3n) is 5.38. The molecule has 0 saturated heterocycles. The van der Waals surface area contributed by atoms with Crippen molar-refractivity contribution in [3.63, 3.8) is 0 Å². The monoisotopic (exact) mass is 447 g/mol. The van der Waals surface area contributed by atoms with Crippen molar-refractivity contribution in [1.29, 1.82) is 0 Å². The first-order valence-electron chi connectivity index (χ1n) is 10.4. The van der Waals surface area contributed by atoms with Gasteiger partial charge in [0.2, 0.25) is 0 Å². The van der Waals surface area contributed by atoms with Gasteiger partial charge in [-0.05, 0) is 67.2 Å². The standard InChI is InChI=1S/C25H25N3O3S/c1-4-31-18-12-10-17(11-13-18)27-24(29)21-15(2)26-25(32)28-23(21)22-19-8-6-5-7-16(19)9-14-20(22)30-3/h5-14,23H,4H2,1-3H3,(H,27,29)(H2,26,28,32)/t23-/m0/s1. The maximum atomic E-state index is 13.5. The molecule has 7 heteroatoms. The maximum Gasteiger partial charge on any atom is 0.255 e. The number of nitrogens with one attached hydrogen (secondary N) is 3. The van der Waals surface area contributed by atoms with Crippen molar-refractivity contribution >= 4 is 39.7 Å². The molecule has 0 spiro atoms. The van der Waals surface area contributed by atoms with Crippen LogP contribution in [0.25, 0.3) is 10.8 Å². The molecule has 164 valence electrons. The second-order valence-electron chi connectivity index (χ2n) is 7.38. The molecule has 6 nitrogen and oxygen atoms in total. The number of amides is 1. The van der Waals surface area contributed by atoms with E-state index in [1.165, 1.54) is 0 Å². The number of carbonyl (C=O) groups excluding carboxylic acids is 1. The Kier molecular flexibility index (Phi) is 6.28. The van der Waals surface area contributed by atoms with Crippen LogP contribution in [-0.4, -0.2) is 24.7 Å². The van der Waals surface area contributed by atoms with Crippen LogP contribution in [0.15, 0.2) is 71.9 Å². The fourth-order valence-corrected chi connectivity index (χ4v) is 4.23. The zero-order valence-electron chi connectivity index (χ0n) is 18.2. The Bertz CT molecular complexity index is 1200. The molecule has 1 heterocycles. The second-order valence-corrected chi connectivity index (χ2v) is 7.79. The van der Waals surface area contributed by atoms with Gasteiger partial charge in [-0.3, -0.25) is 4.79 Å². The Balaban J connectivity index is 1.75. The summed E-state index contributed by atoms with van der Waals surface area (Å²) in [5.74, 6) is 1.21. The van der Waals surface area contributed by atoms with Gasteiger partial charge in [0.1, 0.15) is 11.5 Å². The highest BCUT2D eigenvalue weighted by Crippen LogP contribution is 2.38. The normalized spacial score (nSPS) is 15.7. The van der Waals surface area contributed by atoms with Gasteiger partial charge in [0, 0.05) is 16.9 Å². The quantitative estimate of drug-likeness (QED) is 0.477. The van der Waals surface area contributed by atoms with Crippen LogP contribution in [-0.2, 0) is 4.79 Å². The number of fused-ring (bicyclic) bond motifs is 1. The van der Waals surface area contributed by atoms with E-state index in [2.05, 4.69) is 16.0 Å². The van der Waals surface area contributed by atoms with Crippen LogP contribution in [0.3, 0.4) is 0 Å². The first-order chi connectivity index (χ1) is 15.5. The molecule has 1 atom stereocenters. The summed E-state index contributed by atoms with van der Waals surface area (Å²) in [5.41, 5.74) is 2.78. The smallest absolute Gasteiger partial charge is 0.255 e. The number of hydrogen-bond donors (Lipinski definition) is 3. The van der Waals surface area contributed by atoms with Crippen LogP contribution in [0.2, 0.25) is 0 Å². The molecule has 1 amide bonds. The molecule has 4 rings (SSSR count). The summed E-state index contributed by atoms with van der Waals surface area (Å²) in [5, 5.41) is 11.9. The first kappa shape index (κ1) is 21.6. The maximum absolute atomic E-state index is 13.5. The van der Waals surface area contributed by atoms with Crippen LogP contribution in [0, 0.1) is 0 Å². The van der Waals surface area contributed by atoms with Gasteiger partial charge in [0.15, 0.2) is 5.11 Å². The van der Waals surface area contributed by atoms with E-state index in [0.717, 1.165) is 22.1 Å². The number of carbonyl (C=O) groups is 1. The van der Waals surface area contributed by atoms with E-state index in [4.69, 9.17) is 21.7 Å². The van der Waals surface area contributed by atoms with E-state index in [9.17, 15) is 4.79 Å². The van der Waals surface area contributed by atoms with Crippen LogP contribution in [0.4, 0.5) is 5.69 Å². The summed E-state index contributed by atoms with van der Waals surface area (Å²) in [6.07, 6.45) is 0. The number of benzene rings is 3. The number of methoxy groups -OCH3 is 1. The zero-order valence-corrected chi connectivity index (χ0v) is 19.0. The van der Waals surface area contributed by atoms with Crippen molar-refractivity contribution in [2.45, 2.75) is 19.9 Å². The van der Waals surface area contributed by atoms with Crippen molar-refractivity contribution in [3.8, 4) is 11.5 Å². The molecular formula is C25H25N3O3S. The van der Waals surface area contributed by atoms with E-state index in [1.54, 1.807) is 7.11 Å². The highest BCUT2D eigenvalue weighted by molar-refractivity contribution is 7.80. The van der Waals surface area contributed by atoms with Gasteiger partial charge in [-0.1, -0.05) is 30.3 Å². The first-order valence-corrected chi connectivity index (χ1v) is 10.8. The molecule has 32 heavy (non-hydrogen) atoms. The van der Waals surface area contributed by atoms with Crippen molar-refractivity contribution in [1.82, 2.24) is 10.6 Å². The molecule has 0 radical (unpaired) electrons. The molecule has 3 aromatic rings. The molecule has 1 aliphatic rings. The summed E-state index contributed by atoms with van der Waals surface area (Å²) < 4.78 is 11.2. The van der Waals surface area contributed by atoms with Gasteiger partial charge in [0.05, 0.1) is 25.3 Å². The summed E-state index contributed by atoms with van der Waals surface area (Å²) >= 11 is 5.43. The lowest BCUT2D eigenvalue weighted by molar-refractivity contribution is -0.113. The van der Waals surface area contributed by atoms with Gasteiger partial charge < -0.3 is 25.4 Å².